The van der Waals surface area contributed by atoms with Gasteiger partial charge in [0.1, 0.15) is 0 Å². The third-order valence-corrected chi connectivity index (χ3v) is 4.57. The van der Waals surface area contributed by atoms with Crippen LogP contribution in [0.5, 0.6) is 0 Å². The van der Waals surface area contributed by atoms with Crippen LogP contribution in [0.15, 0.2) is 42.5 Å². The molecule has 4 nitrogen and oxygen atoms in total. The first-order valence-electron chi connectivity index (χ1n) is 7.86. The van der Waals surface area contributed by atoms with Gasteiger partial charge in [0.25, 0.3) is 5.91 Å². The van der Waals surface area contributed by atoms with Crippen LogP contribution in [0.25, 0.3) is 0 Å². The van der Waals surface area contributed by atoms with E-state index in [9.17, 15) is 13.2 Å². The molecule has 0 bridgehead atoms. The molecule has 2 aromatic carbocycles. The number of hydrogen-bond donors (Lipinski definition) is 0. The number of aryl methyl sites for hydroxylation is 2. The topological polar surface area (TPSA) is 54.5 Å². The van der Waals surface area contributed by atoms with E-state index in [0.29, 0.717) is 17.7 Å². The lowest BCUT2D eigenvalue weighted by Gasteiger charge is -2.22. The minimum atomic E-state index is -3.08. The van der Waals surface area contributed by atoms with Crippen LogP contribution in [0, 0.1) is 13.8 Å². The largest absolute Gasteiger partial charge is 0.309 e. The van der Waals surface area contributed by atoms with Crippen molar-refractivity contribution in [3.63, 3.8) is 0 Å². The minimum absolute atomic E-state index is 0.0178. The Kier molecular flexibility index (Phi) is 5.44. The standard InChI is InChI=1S/C19H23NO3S/c1-5-20(18-11-14(2)10-15(3)12-18)19(21)17-8-6-16(7-9-17)13-24(4,22)23/h6-12H,5,13H2,1-4H3. The van der Waals surface area contributed by atoms with Crippen molar-refractivity contribution >= 4 is 21.4 Å². The smallest absolute Gasteiger partial charge is 0.258 e. The van der Waals surface area contributed by atoms with Gasteiger partial charge in [-0.15, -0.1) is 0 Å². The van der Waals surface area contributed by atoms with Crippen molar-refractivity contribution < 1.29 is 13.2 Å². The van der Waals surface area contributed by atoms with Gasteiger partial charge in [-0.05, 0) is 61.7 Å². The Morgan fingerprint density at radius 3 is 2.00 bits per heavy atom. The monoisotopic (exact) mass is 345 g/mol. The van der Waals surface area contributed by atoms with Gasteiger partial charge in [0.15, 0.2) is 9.84 Å². The summed E-state index contributed by atoms with van der Waals surface area (Å²) in [5.41, 5.74) is 4.33. The van der Waals surface area contributed by atoms with Crippen molar-refractivity contribution in [2.75, 3.05) is 17.7 Å². The molecule has 128 valence electrons. The van der Waals surface area contributed by atoms with Crippen LogP contribution in [0.2, 0.25) is 0 Å². The maximum atomic E-state index is 12.8. The second-order valence-electron chi connectivity index (χ2n) is 6.16. The number of anilines is 1. The van der Waals surface area contributed by atoms with Crippen molar-refractivity contribution in [2.45, 2.75) is 26.5 Å². The molecule has 0 saturated heterocycles. The first kappa shape index (κ1) is 18.2. The average Bonchev–Trinajstić information content (AvgIpc) is 2.46. The number of hydrogen-bond acceptors (Lipinski definition) is 3. The molecule has 5 heteroatoms. The van der Waals surface area contributed by atoms with Gasteiger partial charge in [0.05, 0.1) is 5.75 Å². The highest BCUT2D eigenvalue weighted by Gasteiger charge is 2.17. The summed E-state index contributed by atoms with van der Waals surface area (Å²) in [6, 6.07) is 12.8. The summed E-state index contributed by atoms with van der Waals surface area (Å²) in [4.78, 5) is 14.5. The lowest BCUT2D eigenvalue weighted by Crippen LogP contribution is -2.30. The molecule has 0 unspecified atom stereocenters. The quantitative estimate of drug-likeness (QED) is 0.833. The first-order chi connectivity index (χ1) is 11.2. The zero-order valence-electron chi connectivity index (χ0n) is 14.5. The SMILES string of the molecule is CCN(C(=O)c1ccc(CS(C)(=O)=O)cc1)c1cc(C)cc(C)c1. The maximum Gasteiger partial charge on any atom is 0.258 e. The maximum absolute atomic E-state index is 12.8. The number of nitrogens with zero attached hydrogens (tertiary/aromatic N) is 1. The molecule has 1 amide bonds. The van der Waals surface area contributed by atoms with Gasteiger partial charge < -0.3 is 4.90 Å². The molecule has 0 N–H and O–H groups in total. The van der Waals surface area contributed by atoms with Gasteiger partial charge in [-0.25, -0.2) is 8.42 Å². The van der Waals surface area contributed by atoms with E-state index in [1.54, 1.807) is 29.2 Å². The van der Waals surface area contributed by atoms with Gasteiger partial charge >= 0.3 is 0 Å². The Balaban J connectivity index is 2.28. The third kappa shape index (κ3) is 4.68. The molecule has 2 aromatic rings. The van der Waals surface area contributed by atoms with Crippen LogP contribution in [0.1, 0.15) is 34.0 Å². The Bertz CT molecular complexity index is 819. The summed E-state index contributed by atoms with van der Waals surface area (Å²) in [5.74, 6) is -0.107. The Labute approximate surface area is 144 Å². The molecule has 0 radical (unpaired) electrons. The molecule has 0 aliphatic rings. The zero-order chi connectivity index (χ0) is 17.9. The number of sulfone groups is 1. The molecule has 0 aliphatic carbocycles. The predicted octanol–water partition coefficient (Wildman–Crippen LogP) is 3.51. The summed E-state index contributed by atoms with van der Waals surface area (Å²) < 4.78 is 22.7. The van der Waals surface area contributed by atoms with Crippen LogP contribution in [-0.4, -0.2) is 27.1 Å². The number of rotatable bonds is 5. The Morgan fingerprint density at radius 2 is 1.54 bits per heavy atom. The predicted molar refractivity (Wildman–Crippen MR) is 98.3 cm³/mol. The van der Waals surface area contributed by atoms with E-state index < -0.39 is 9.84 Å². The number of amides is 1. The van der Waals surface area contributed by atoms with Crippen LogP contribution < -0.4 is 4.90 Å². The van der Waals surface area contributed by atoms with Crippen molar-refractivity contribution in [3.8, 4) is 0 Å². The molecule has 0 saturated carbocycles. The Hall–Kier alpha value is -2.14. The van der Waals surface area contributed by atoms with Crippen molar-refractivity contribution in [3.05, 3.63) is 64.7 Å². The van der Waals surface area contributed by atoms with Crippen molar-refractivity contribution in [1.29, 1.82) is 0 Å². The molecule has 0 aliphatic heterocycles. The average molecular weight is 345 g/mol. The van der Waals surface area contributed by atoms with E-state index in [4.69, 9.17) is 0 Å². The van der Waals surface area contributed by atoms with E-state index in [0.717, 1.165) is 16.8 Å². The number of carbonyl (C=O) groups is 1. The number of carbonyl (C=O) groups excluding carboxylic acids is 1. The normalized spacial score (nSPS) is 11.3. The van der Waals surface area contributed by atoms with Crippen molar-refractivity contribution in [2.24, 2.45) is 0 Å². The van der Waals surface area contributed by atoms with Crippen LogP contribution in [-0.2, 0) is 15.6 Å². The summed E-state index contributed by atoms with van der Waals surface area (Å²) in [6.07, 6.45) is 1.20. The van der Waals surface area contributed by atoms with Gasteiger partial charge in [-0.2, -0.15) is 0 Å². The fourth-order valence-electron chi connectivity index (χ4n) is 2.75. The molecule has 0 spiro atoms. The van der Waals surface area contributed by atoms with Crippen LogP contribution >= 0.6 is 0 Å². The third-order valence-electron chi connectivity index (χ3n) is 3.71. The van der Waals surface area contributed by atoms with Gasteiger partial charge in [0, 0.05) is 24.1 Å². The van der Waals surface area contributed by atoms with Crippen molar-refractivity contribution in [1.82, 2.24) is 0 Å². The van der Waals surface area contributed by atoms with Gasteiger partial charge in [-0.3, -0.25) is 4.79 Å². The van der Waals surface area contributed by atoms with E-state index >= 15 is 0 Å². The lowest BCUT2D eigenvalue weighted by molar-refractivity contribution is 0.0988. The molecule has 2 rings (SSSR count). The summed E-state index contributed by atoms with van der Waals surface area (Å²) in [5, 5.41) is 0. The molecular formula is C19H23NO3S. The lowest BCUT2D eigenvalue weighted by atomic mass is 10.1. The number of benzene rings is 2. The summed E-state index contributed by atoms with van der Waals surface area (Å²) in [7, 11) is -3.08. The zero-order valence-corrected chi connectivity index (χ0v) is 15.4. The molecule has 0 heterocycles. The first-order valence-corrected chi connectivity index (χ1v) is 9.92. The van der Waals surface area contributed by atoms with Gasteiger partial charge in [0.2, 0.25) is 0 Å². The second-order valence-corrected chi connectivity index (χ2v) is 8.30. The highest BCUT2D eigenvalue weighted by molar-refractivity contribution is 7.89. The van der Waals surface area contributed by atoms with E-state index in [1.807, 2.05) is 32.9 Å². The van der Waals surface area contributed by atoms with Crippen LogP contribution in [0.4, 0.5) is 5.69 Å². The fraction of sp³-hybridized carbons (Fsp3) is 0.316. The van der Waals surface area contributed by atoms with E-state index in [1.165, 1.54) is 6.26 Å². The molecule has 0 fully saturated rings. The molecule has 0 aromatic heterocycles. The molecular weight excluding hydrogens is 322 g/mol. The summed E-state index contributed by atoms with van der Waals surface area (Å²) >= 11 is 0. The van der Waals surface area contributed by atoms with Gasteiger partial charge in [-0.1, -0.05) is 18.2 Å². The highest BCUT2D eigenvalue weighted by Crippen LogP contribution is 2.21. The minimum Gasteiger partial charge on any atom is -0.309 e. The summed E-state index contributed by atoms with van der Waals surface area (Å²) in [6.45, 7) is 6.52. The Morgan fingerprint density at radius 1 is 1.00 bits per heavy atom. The van der Waals surface area contributed by atoms with E-state index in [2.05, 4.69) is 6.07 Å². The highest BCUT2D eigenvalue weighted by atomic mass is 32.2. The van der Waals surface area contributed by atoms with Crippen LogP contribution in [0.3, 0.4) is 0 Å². The van der Waals surface area contributed by atoms with E-state index in [-0.39, 0.29) is 11.7 Å². The molecule has 0 atom stereocenters. The molecule has 24 heavy (non-hydrogen) atoms. The second kappa shape index (κ2) is 7.18. The fourth-order valence-corrected chi connectivity index (χ4v) is 3.55.